The minimum Gasteiger partial charge on any atom is -0.397 e. The maximum Gasteiger partial charge on any atom is 0.255 e. The molecule has 2 atom stereocenters. The number of anilines is 3. The fourth-order valence-corrected chi connectivity index (χ4v) is 4.16. The van der Waals surface area contributed by atoms with E-state index in [0.29, 0.717) is 38.8 Å². The quantitative estimate of drug-likeness (QED) is 0.651. The van der Waals surface area contributed by atoms with Gasteiger partial charge in [-0.05, 0) is 61.1 Å². The van der Waals surface area contributed by atoms with Gasteiger partial charge in [-0.25, -0.2) is 0 Å². The van der Waals surface area contributed by atoms with Crippen molar-refractivity contribution >= 4 is 46.2 Å². The molecule has 2 aromatic carbocycles. The van der Waals surface area contributed by atoms with Crippen LogP contribution >= 0.6 is 23.2 Å². The maximum absolute atomic E-state index is 12.6. The molecule has 144 valence electrons. The average Bonchev–Trinajstić information content (AvgIpc) is 2.58. The second kappa shape index (κ2) is 7.99. The molecule has 0 aliphatic carbocycles. The first-order chi connectivity index (χ1) is 12.7. The first kappa shape index (κ1) is 19.8. The number of nitrogen functional groups attached to an aromatic ring is 1. The highest BCUT2D eigenvalue weighted by Gasteiger charge is 2.24. The Morgan fingerprint density at radius 1 is 1.11 bits per heavy atom. The lowest BCUT2D eigenvalue weighted by Gasteiger charge is -2.37. The van der Waals surface area contributed by atoms with Crippen LogP contribution in [0.15, 0.2) is 30.3 Å². The number of rotatable bonds is 3. The van der Waals surface area contributed by atoms with E-state index < -0.39 is 0 Å². The van der Waals surface area contributed by atoms with E-state index in [2.05, 4.69) is 31.0 Å². The van der Waals surface area contributed by atoms with Crippen molar-refractivity contribution in [3.8, 4) is 0 Å². The zero-order valence-corrected chi connectivity index (χ0v) is 17.4. The smallest absolute Gasteiger partial charge is 0.255 e. The van der Waals surface area contributed by atoms with Gasteiger partial charge in [0.1, 0.15) is 0 Å². The number of nitrogens with two attached hydrogens (primary N) is 1. The number of piperidine rings is 1. The van der Waals surface area contributed by atoms with E-state index in [4.69, 9.17) is 28.9 Å². The predicted molar refractivity (Wildman–Crippen MR) is 115 cm³/mol. The van der Waals surface area contributed by atoms with Crippen molar-refractivity contribution < 1.29 is 4.79 Å². The summed E-state index contributed by atoms with van der Waals surface area (Å²) < 4.78 is 0. The van der Waals surface area contributed by atoms with Crippen LogP contribution in [-0.4, -0.2) is 19.0 Å². The van der Waals surface area contributed by atoms with Gasteiger partial charge in [-0.2, -0.15) is 0 Å². The summed E-state index contributed by atoms with van der Waals surface area (Å²) >= 11 is 12.0. The molecule has 0 aromatic heterocycles. The number of nitrogens with one attached hydrogen (secondary N) is 1. The number of amides is 1. The third-order valence-electron chi connectivity index (χ3n) is 5.01. The van der Waals surface area contributed by atoms with Gasteiger partial charge in [0, 0.05) is 24.3 Å². The third-order valence-corrected chi connectivity index (χ3v) is 5.75. The van der Waals surface area contributed by atoms with E-state index in [-0.39, 0.29) is 5.91 Å². The van der Waals surface area contributed by atoms with Crippen LogP contribution in [0.4, 0.5) is 17.1 Å². The molecule has 6 heteroatoms. The molecule has 3 rings (SSSR count). The Morgan fingerprint density at radius 2 is 1.78 bits per heavy atom. The summed E-state index contributed by atoms with van der Waals surface area (Å²) in [6.07, 6.45) is 1.24. The SMILES string of the molecule is Cc1cc(N)c(NC(=O)c2ccc(Cl)c(Cl)c2)cc1N1C[C@H](C)C[C@H](C)C1. The Balaban J connectivity index is 1.87. The number of hydrogen-bond acceptors (Lipinski definition) is 3. The molecule has 0 bridgehead atoms. The van der Waals surface area contributed by atoms with E-state index in [1.807, 2.05) is 12.1 Å². The van der Waals surface area contributed by atoms with Gasteiger partial charge in [-0.3, -0.25) is 4.79 Å². The van der Waals surface area contributed by atoms with Gasteiger partial charge in [0.25, 0.3) is 5.91 Å². The molecular weight excluding hydrogens is 381 g/mol. The maximum atomic E-state index is 12.6. The van der Waals surface area contributed by atoms with Gasteiger partial charge >= 0.3 is 0 Å². The van der Waals surface area contributed by atoms with Crippen molar-refractivity contribution in [1.82, 2.24) is 0 Å². The van der Waals surface area contributed by atoms with Crippen molar-refractivity contribution in [3.05, 3.63) is 51.5 Å². The molecule has 4 nitrogen and oxygen atoms in total. The van der Waals surface area contributed by atoms with E-state index in [1.54, 1.807) is 18.2 Å². The van der Waals surface area contributed by atoms with E-state index in [9.17, 15) is 4.79 Å². The van der Waals surface area contributed by atoms with Crippen LogP contribution in [0.3, 0.4) is 0 Å². The molecule has 1 aliphatic rings. The molecule has 0 spiro atoms. The second-order valence-electron chi connectivity index (χ2n) is 7.66. The van der Waals surface area contributed by atoms with Crippen LogP contribution < -0.4 is 16.0 Å². The Labute approximate surface area is 170 Å². The lowest BCUT2D eigenvalue weighted by atomic mass is 9.91. The highest BCUT2D eigenvalue weighted by atomic mass is 35.5. The molecule has 0 radical (unpaired) electrons. The van der Waals surface area contributed by atoms with Crippen molar-refractivity contribution in [2.24, 2.45) is 11.8 Å². The number of halogens is 2. The Morgan fingerprint density at radius 3 is 2.41 bits per heavy atom. The molecule has 0 unspecified atom stereocenters. The van der Waals surface area contributed by atoms with Gasteiger partial charge in [-0.1, -0.05) is 37.0 Å². The number of nitrogens with zero attached hydrogens (tertiary/aromatic N) is 1. The molecule has 1 saturated heterocycles. The normalized spacial score (nSPS) is 19.8. The largest absolute Gasteiger partial charge is 0.397 e. The minimum atomic E-state index is -0.268. The molecule has 1 amide bonds. The summed E-state index contributed by atoms with van der Waals surface area (Å²) in [4.78, 5) is 15.0. The number of benzene rings is 2. The average molecular weight is 406 g/mol. The molecule has 3 N–H and O–H groups in total. The van der Waals surface area contributed by atoms with Gasteiger partial charge in [0.2, 0.25) is 0 Å². The van der Waals surface area contributed by atoms with Gasteiger partial charge in [0.05, 0.1) is 21.4 Å². The first-order valence-electron chi connectivity index (χ1n) is 9.16. The topological polar surface area (TPSA) is 58.4 Å². The molecular formula is C21H25Cl2N3O. The zero-order valence-electron chi connectivity index (χ0n) is 15.9. The molecule has 27 heavy (non-hydrogen) atoms. The van der Waals surface area contributed by atoms with E-state index in [0.717, 1.165) is 24.3 Å². The zero-order chi connectivity index (χ0) is 19.7. The molecule has 1 heterocycles. The Kier molecular flexibility index (Phi) is 5.87. The Bertz CT molecular complexity index is 859. The third kappa shape index (κ3) is 4.50. The number of aryl methyl sites for hydroxylation is 1. The first-order valence-corrected chi connectivity index (χ1v) is 9.91. The van der Waals surface area contributed by atoms with Gasteiger partial charge in [0.15, 0.2) is 0 Å². The van der Waals surface area contributed by atoms with Crippen molar-refractivity contribution in [2.45, 2.75) is 27.2 Å². The van der Waals surface area contributed by atoms with Crippen LogP contribution in [0.2, 0.25) is 10.0 Å². The summed E-state index contributed by atoms with van der Waals surface area (Å²) in [6, 6.07) is 8.70. The second-order valence-corrected chi connectivity index (χ2v) is 8.47. The van der Waals surface area contributed by atoms with Crippen molar-refractivity contribution in [1.29, 1.82) is 0 Å². The highest BCUT2D eigenvalue weighted by molar-refractivity contribution is 6.42. The molecule has 1 fully saturated rings. The summed E-state index contributed by atoms with van der Waals surface area (Å²) in [6.45, 7) is 8.63. The summed E-state index contributed by atoms with van der Waals surface area (Å²) in [5, 5.41) is 3.67. The number of hydrogen-bond donors (Lipinski definition) is 2. The van der Waals surface area contributed by atoms with Crippen LogP contribution in [-0.2, 0) is 0 Å². The molecule has 2 aromatic rings. The number of carbonyl (C=O) groups excluding carboxylic acids is 1. The highest BCUT2D eigenvalue weighted by Crippen LogP contribution is 2.34. The summed E-state index contributed by atoms with van der Waals surface area (Å²) in [7, 11) is 0. The summed E-state index contributed by atoms with van der Waals surface area (Å²) in [5.74, 6) is 1.01. The van der Waals surface area contributed by atoms with Crippen LogP contribution in [0.1, 0.15) is 36.2 Å². The fourth-order valence-electron chi connectivity index (χ4n) is 3.86. The Hall–Kier alpha value is -1.91. The van der Waals surface area contributed by atoms with E-state index in [1.165, 1.54) is 6.42 Å². The van der Waals surface area contributed by atoms with Gasteiger partial charge in [-0.15, -0.1) is 0 Å². The minimum absolute atomic E-state index is 0.268. The molecule has 0 saturated carbocycles. The fraction of sp³-hybridized carbons (Fsp3) is 0.381. The molecule has 1 aliphatic heterocycles. The lowest BCUT2D eigenvalue weighted by molar-refractivity contribution is 0.102. The van der Waals surface area contributed by atoms with Gasteiger partial charge < -0.3 is 16.0 Å². The summed E-state index contributed by atoms with van der Waals surface area (Å²) in [5.41, 5.74) is 9.99. The monoisotopic (exact) mass is 405 g/mol. The van der Waals surface area contributed by atoms with Crippen LogP contribution in [0, 0.1) is 18.8 Å². The number of carbonyl (C=O) groups is 1. The van der Waals surface area contributed by atoms with Crippen LogP contribution in [0.5, 0.6) is 0 Å². The van der Waals surface area contributed by atoms with Crippen molar-refractivity contribution in [2.75, 3.05) is 29.0 Å². The van der Waals surface area contributed by atoms with E-state index >= 15 is 0 Å². The van der Waals surface area contributed by atoms with Crippen LogP contribution in [0.25, 0.3) is 0 Å². The van der Waals surface area contributed by atoms with Crippen molar-refractivity contribution in [3.63, 3.8) is 0 Å². The predicted octanol–water partition coefficient (Wildman–Crippen LogP) is 5.62. The lowest BCUT2D eigenvalue weighted by Crippen LogP contribution is -2.39. The standard InChI is InChI=1S/C21H25Cl2N3O/c1-12-6-13(2)11-26(10-12)20-9-19(18(24)7-14(20)3)25-21(27)15-4-5-16(22)17(23)8-15/h4-5,7-9,12-13H,6,10-11,24H2,1-3H3,(H,25,27)/t12-,13+.